The van der Waals surface area contributed by atoms with Crippen LogP contribution >= 0.6 is 0 Å². The average Bonchev–Trinajstić information content (AvgIpc) is 0.684. The van der Waals surface area contributed by atoms with Crippen molar-refractivity contribution < 1.29 is 87.7 Å². The molecule has 6 aliphatic rings. The topological polar surface area (TPSA) is 273 Å². The van der Waals surface area contributed by atoms with E-state index in [1.807, 2.05) is 299 Å². The highest BCUT2D eigenvalue weighted by molar-refractivity contribution is 7.08. The van der Waals surface area contributed by atoms with Crippen molar-refractivity contribution in [3.8, 4) is 0 Å². The molecule has 20 nitrogen and oxygen atoms in total. The highest BCUT2D eigenvalue weighted by atomic mass is 28.6. The van der Waals surface area contributed by atoms with Gasteiger partial charge >= 0.3 is 70.4 Å². The maximum absolute atomic E-state index is 11.5. The molecule has 0 unspecified atom stereocenters. The SMILES string of the molecule is C[Si](C)(O)c1ccc(C=C[Si]23O[Si]4(C=Cc5ccc([Si](C)(C)O)cc5)O[Si]5(C=Cc6ccc([Si](C)(C)O)cc6)O[Si](C=Cc6ccc([Si](C)(C)O)cc6)(O2)O[Si]2(C=Cc6ccc([Si](C)(C)O)cc6)O[Si](C=Cc6ccc([Si](C)(C)O)cc6)(O3)O[Si](C=Cc3ccc([Si](C)(C)O)cc3)(O4)O[Si](C=Cc3ccc([Si](C)(C)O)cc3)(O5)O2)cc1. The van der Waals surface area contributed by atoms with Gasteiger partial charge in [0, 0.05) is 0 Å². The molecule has 36 heteroatoms. The van der Waals surface area contributed by atoms with Crippen LogP contribution in [0.15, 0.2) is 240 Å². The van der Waals surface area contributed by atoms with Crippen LogP contribution in [0.5, 0.6) is 0 Å². The first kappa shape index (κ1) is 88.1. The fraction of sp³-hybridized carbons (Fsp3) is 0.200. The van der Waals surface area contributed by atoms with Crippen LogP contribution in [0.3, 0.4) is 0 Å². The third-order valence-corrected chi connectivity index (χ3v) is 66.1. The van der Waals surface area contributed by atoms with E-state index in [2.05, 4.69) is 0 Å². The molecule has 8 aromatic rings. The van der Waals surface area contributed by atoms with Gasteiger partial charge in [-0.05, 0) is 236 Å². The summed E-state index contributed by atoms with van der Waals surface area (Å²) < 4.78 is 99.0. The maximum Gasteiger partial charge on any atom is 0.508 e. The molecular weight excluding hydrogens is 1730 g/mol. The first-order valence-electron chi connectivity index (χ1n) is 38.5. The predicted octanol–water partition coefficient (Wildman–Crippen LogP) is 9.02. The van der Waals surface area contributed by atoms with Gasteiger partial charge in [0.15, 0.2) is 0 Å². The minimum atomic E-state index is -5.22. The summed E-state index contributed by atoms with van der Waals surface area (Å²) in [4.78, 5) is 91.8. The molecule has 0 atom stereocenters. The molecule has 6 fully saturated rings. The lowest BCUT2D eigenvalue weighted by Gasteiger charge is -2.60. The Hall–Kier alpha value is -5.65. The molecule has 8 bridgehead atoms. The number of rotatable bonds is 24. The van der Waals surface area contributed by atoms with Gasteiger partial charge in [0.1, 0.15) is 0 Å². The van der Waals surface area contributed by atoms with E-state index in [0.29, 0.717) is 44.5 Å². The smallest absolute Gasteiger partial charge is 0.428 e. The Morgan fingerprint density at radius 1 is 0.155 bits per heavy atom. The lowest BCUT2D eigenvalue weighted by molar-refractivity contribution is -0.00566. The van der Waals surface area contributed by atoms with Crippen LogP contribution in [0.25, 0.3) is 48.6 Å². The van der Waals surface area contributed by atoms with Gasteiger partial charge in [-0.25, -0.2) is 0 Å². The van der Waals surface area contributed by atoms with Crippen LogP contribution in [-0.2, 0) is 49.4 Å². The van der Waals surface area contributed by atoms with Crippen LogP contribution in [0.1, 0.15) is 44.5 Å². The van der Waals surface area contributed by atoms with E-state index >= 15 is 0 Å². The van der Waals surface area contributed by atoms with E-state index in [1.54, 1.807) is 94.2 Å². The van der Waals surface area contributed by atoms with Gasteiger partial charge in [-0.3, -0.25) is 0 Å². The molecule has 6 aliphatic heterocycles. The first-order valence-corrected chi connectivity index (χ1v) is 76.5. The zero-order valence-electron chi connectivity index (χ0n) is 68.2. The average molecular weight is 1840 g/mol. The van der Waals surface area contributed by atoms with Crippen LogP contribution in [0, 0.1) is 0 Å². The van der Waals surface area contributed by atoms with Crippen LogP contribution in [0.4, 0.5) is 0 Å². The molecule has 116 heavy (non-hydrogen) atoms. The lowest BCUT2D eigenvalue weighted by Crippen LogP contribution is -2.87. The minimum Gasteiger partial charge on any atom is -0.428 e. The molecule has 0 aromatic heterocycles. The van der Waals surface area contributed by atoms with Gasteiger partial charge in [-0.1, -0.05) is 243 Å². The molecule has 0 amide bonds. The summed E-state index contributed by atoms with van der Waals surface area (Å²) in [5, 5.41) is 6.26. The highest BCUT2D eigenvalue weighted by Gasteiger charge is 2.82. The zero-order valence-corrected chi connectivity index (χ0v) is 84.2. The van der Waals surface area contributed by atoms with Crippen molar-refractivity contribution in [2.75, 3.05) is 0 Å². The second kappa shape index (κ2) is 32.6. The lowest BCUT2D eigenvalue weighted by atomic mass is 10.2. The predicted molar refractivity (Wildman–Crippen MR) is 498 cm³/mol. The molecule has 0 saturated carbocycles. The quantitative estimate of drug-likeness (QED) is 0.0262. The van der Waals surface area contributed by atoms with E-state index in [4.69, 9.17) is 49.4 Å². The summed E-state index contributed by atoms with van der Waals surface area (Å²) in [7, 11) is -64.5. The molecule has 608 valence electrons. The standard InChI is InChI=1S/C80H104O20Si16/c1-101(2,81)73-33-17-65(18-34-73)49-57-109-89-110(58-50-66-19-35-74(36-20-66)102(3,4)82)92-113(61-53-69-25-41-77(42-26-69)105(9,10)85)94-111(90-109,59-51-67-21-37-75(38-22-67)103(5,6)83)96-115(63-55-71-29-45-79(46-30-71)107(13,14)87)97-112(91-109,60-52-68-23-39-76(40-24-68)104(7,8)84)95-114(93-110,62-54-70-27-43-78(44-28-70)106(11,12)86)99-116(98-113,100-115)64-56-72-31-47-80(48-32-72)108(15,16)88/h17-64,81-88H,1-16H3. The molecule has 0 radical (unpaired) electrons. The van der Waals surface area contributed by atoms with Gasteiger partial charge in [0.25, 0.3) is 0 Å². The molecule has 6 heterocycles. The van der Waals surface area contributed by atoms with E-state index < -0.39 is 137 Å². The van der Waals surface area contributed by atoms with E-state index in [9.17, 15) is 38.4 Å². The summed E-state index contributed by atoms with van der Waals surface area (Å²) in [5.41, 5.74) is 18.8. The molecule has 0 aliphatic carbocycles. The van der Waals surface area contributed by atoms with Crippen molar-refractivity contribution in [2.45, 2.75) is 105 Å². The normalized spacial score (nSPS) is 26.6. The maximum atomic E-state index is 11.5. The van der Waals surface area contributed by atoms with Crippen molar-refractivity contribution in [1.82, 2.24) is 0 Å². The third kappa shape index (κ3) is 21.3. The number of hydrogen-bond acceptors (Lipinski definition) is 20. The Morgan fingerprint density at radius 2 is 0.233 bits per heavy atom. The van der Waals surface area contributed by atoms with E-state index in [0.717, 1.165) is 41.5 Å². The Bertz CT molecular complexity index is 4080. The van der Waals surface area contributed by atoms with E-state index in [-0.39, 0.29) is 0 Å². The zero-order chi connectivity index (χ0) is 83.7. The summed E-state index contributed by atoms with van der Waals surface area (Å²) >= 11 is 0. The Kier molecular flexibility index (Phi) is 24.8. The number of benzene rings is 8. The Morgan fingerprint density at radius 3 is 0.302 bits per heavy atom. The largest absolute Gasteiger partial charge is 0.508 e. The molecule has 14 rings (SSSR count). The fourth-order valence-electron chi connectivity index (χ4n) is 13.3. The van der Waals surface area contributed by atoms with Crippen molar-refractivity contribution in [3.05, 3.63) is 284 Å². The molecule has 8 aromatic carbocycles. The molecule has 8 N–H and O–H groups in total. The van der Waals surface area contributed by atoms with Crippen LogP contribution < -0.4 is 41.5 Å². The summed E-state index contributed by atoms with van der Waals surface area (Å²) in [6.07, 6.45) is 14.4. The van der Waals surface area contributed by atoms with Gasteiger partial charge in [0.2, 0.25) is 66.5 Å². The van der Waals surface area contributed by atoms with E-state index in [1.165, 1.54) is 0 Å². The second-order valence-electron chi connectivity index (χ2n) is 34.2. The Labute approximate surface area is 698 Å². The summed E-state index contributed by atoms with van der Waals surface area (Å²) in [5.74, 6) is 0. The Balaban J connectivity index is 1.19. The summed E-state index contributed by atoms with van der Waals surface area (Å²) in [6, 6.07) is 60.4. The third-order valence-electron chi connectivity index (χ3n) is 20.2. The number of hydrogen-bond donors (Lipinski definition) is 8. The van der Waals surface area contributed by atoms with Crippen molar-refractivity contribution in [3.63, 3.8) is 0 Å². The monoisotopic (exact) mass is 1830 g/mol. The molecular formula is C80H104O20Si16. The van der Waals surface area contributed by atoms with Crippen molar-refractivity contribution in [2.24, 2.45) is 0 Å². The van der Waals surface area contributed by atoms with Crippen LogP contribution in [-0.4, -0.2) is 175 Å². The van der Waals surface area contributed by atoms with Gasteiger partial charge in [-0.2, -0.15) is 0 Å². The van der Waals surface area contributed by atoms with Crippen LogP contribution in [0.2, 0.25) is 105 Å². The molecule has 0 spiro atoms. The fourth-order valence-corrected chi connectivity index (χ4v) is 62.9. The van der Waals surface area contributed by atoms with Gasteiger partial charge < -0.3 is 87.7 Å². The van der Waals surface area contributed by atoms with Crippen molar-refractivity contribution >= 4 is 227 Å². The van der Waals surface area contributed by atoms with Crippen molar-refractivity contribution in [1.29, 1.82) is 0 Å². The highest BCUT2D eigenvalue weighted by Crippen LogP contribution is 2.52. The minimum absolute atomic E-state index is 0.641. The van der Waals surface area contributed by atoms with Gasteiger partial charge in [0.05, 0.1) is 0 Å². The molecule has 6 saturated heterocycles. The second-order valence-corrected chi connectivity index (χ2v) is 85.9. The summed E-state index contributed by atoms with van der Waals surface area (Å²) in [6.45, 7) is 29.6. The first-order chi connectivity index (χ1) is 54.0. The van der Waals surface area contributed by atoms with Gasteiger partial charge in [-0.15, -0.1) is 0 Å².